The fourth-order valence-corrected chi connectivity index (χ4v) is 4.57. The van der Waals surface area contributed by atoms with E-state index in [4.69, 9.17) is 4.74 Å². The number of hydrogen-bond acceptors (Lipinski definition) is 5. The van der Waals surface area contributed by atoms with Crippen molar-refractivity contribution >= 4 is 34.6 Å². The molecule has 0 unspecified atom stereocenters. The van der Waals surface area contributed by atoms with Gasteiger partial charge in [0.1, 0.15) is 5.75 Å². The zero-order valence-electron chi connectivity index (χ0n) is 17.7. The lowest BCUT2D eigenvalue weighted by Crippen LogP contribution is -2.47. The van der Waals surface area contributed by atoms with Gasteiger partial charge in [-0.2, -0.15) is 4.99 Å². The highest BCUT2D eigenvalue weighted by Crippen LogP contribution is 2.33. The van der Waals surface area contributed by atoms with E-state index in [1.807, 2.05) is 44.2 Å². The lowest BCUT2D eigenvalue weighted by atomic mass is 10.2. The highest BCUT2D eigenvalue weighted by molar-refractivity contribution is 8.18. The number of thioether (sulfide) groups is 1. The molecule has 0 aliphatic carbocycles. The third-order valence-corrected chi connectivity index (χ3v) is 6.14. The van der Waals surface area contributed by atoms with Crippen molar-refractivity contribution in [1.29, 1.82) is 0 Å². The van der Waals surface area contributed by atoms with Gasteiger partial charge in [-0.25, -0.2) is 0 Å². The summed E-state index contributed by atoms with van der Waals surface area (Å²) < 4.78 is 5.88. The number of rotatable bonds is 4. The van der Waals surface area contributed by atoms with Crippen LogP contribution in [0.1, 0.15) is 25.0 Å². The van der Waals surface area contributed by atoms with E-state index < -0.39 is 0 Å². The first-order valence-electron chi connectivity index (χ1n) is 10.3. The summed E-state index contributed by atoms with van der Waals surface area (Å²) in [6, 6.07) is 16.4. The number of aliphatic imine (C=N–C) groups is 1. The average molecular weight is 422 g/mol. The Labute approximate surface area is 182 Å². The molecule has 0 bridgehead atoms. The van der Waals surface area contributed by atoms with Gasteiger partial charge in [0.15, 0.2) is 5.17 Å². The number of carbonyl (C=O) groups excluding carboxylic acids is 1. The second-order valence-electron chi connectivity index (χ2n) is 7.83. The van der Waals surface area contributed by atoms with E-state index in [1.54, 1.807) is 0 Å². The second kappa shape index (κ2) is 8.96. The van der Waals surface area contributed by atoms with Crippen LogP contribution in [0.4, 0.5) is 5.69 Å². The molecule has 2 aliphatic rings. The molecule has 1 saturated heterocycles. The van der Waals surface area contributed by atoms with E-state index in [1.165, 1.54) is 23.0 Å². The molecule has 0 radical (unpaired) electrons. The monoisotopic (exact) mass is 421 g/mol. The fraction of sp³-hybridized carbons (Fsp3) is 0.333. The summed E-state index contributed by atoms with van der Waals surface area (Å²) in [6.07, 6.45) is 1.97. The number of benzene rings is 2. The Kier molecular flexibility index (Phi) is 6.13. The SMILES string of the molecule is Cc1cccc(N2CCN(C3=NC(=O)/C(=C/c4ccccc4OC(C)C)S3)CC2)c1. The molecule has 1 fully saturated rings. The second-order valence-corrected chi connectivity index (χ2v) is 8.84. The predicted molar refractivity (Wildman–Crippen MR) is 125 cm³/mol. The van der Waals surface area contributed by atoms with Crippen LogP contribution in [-0.2, 0) is 4.79 Å². The third-order valence-electron chi connectivity index (χ3n) is 5.09. The first-order chi connectivity index (χ1) is 14.5. The standard InChI is InChI=1S/C24H27N3O2S/c1-17(2)29-21-10-5-4-8-19(21)16-22-23(28)25-24(30-22)27-13-11-26(12-14-27)20-9-6-7-18(3)15-20/h4-10,15-17H,11-14H2,1-3H3/b22-16-. The van der Waals surface area contributed by atoms with Gasteiger partial charge in [0.2, 0.25) is 0 Å². The molecule has 0 saturated carbocycles. The van der Waals surface area contributed by atoms with E-state index in [9.17, 15) is 4.79 Å². The van der Waals surface area contributed by atoms with Gasteiger partial charge in [0, 0.05) is 37.4 Å². The molecule has 2 aliphatic heterocycles. The number of amidine groups is 1. The van der Waals surface area contributed by atoms with Gasteiger partial charge in [0.25, 0.3) is 5.91 Å². The summed E-state index contributed by atoms with van der Waals surface area (Å²) in [7, 11) is 0. The van der Waals surface area contributed by atoms with Gasteiger partial charge < -0.3 is 14.5 Å². The van der Waals surface area contributed by atoms with Crippen LogP contribution in [0.2, 0.25) is 0 Å². The van der Waals surface area contributed by atoms with Crippen LogP contribution in [0.5, 0.6) is 5.75 Å². The zero-order valence-corrected chi connectivity index (χ0v) is 18.5. The lowest BCUT2D eigenvalue weighted by molar-refractivity contribution is -0.113. The molecule has 30 heavy (non-hydrogen) atoms. The zero-order chi connectivity index (χ0) is 21.1. The van der Waals surface area contributed by atoms with Gasteiger partial charge >= 0.3 is 0 Å². The normalized spacial score (nSPS) is 18.3. The van der Waals surface area contributed by atoms with Crippen LogP contribution in [-0.4, -0.2) is 48.3 Å². The Morgan fingerprint density at radius 3 is 2.50 bits per heavy atom. The summed E-state index contributed by atoms with van der Waals surface area (Å²) in [5, 5.41) is 0.803. The first kappa shape index (κ1) is 20.5. The molecule has 0 N–H and O–H groups in total. The Morgan fingerprint density at radius 2 is 1.77 bits per heavy atom. The van der Waals surface area contributed by atoms with Gasteiger partial charge in [0.05, 0.1) is 11.0 Å². The Morgan fingerprint density at radius 1 is 1.03 bits per heavy atom. The molecule has 5 nitrogen and oxygen atoms in total. The molecule has 0 atom stereocenters. The van der Waals surface area contributed by atoms with Gasteiger partial charge in [-0.05, 0) is 62.4 Å². The number of piperazine rings is 1. The fourth-order valence-electron chi connectivity index (χ4n) is 3.62. The summed E-state index contributed by atoms with van der Waals surface area (Å²) >= 11 is 1.46. The van der Waals surface area contributed by atoms with Crippen LogP contribution in [0.3, 0.4) is 0 Å². The molecule has 2 heterocycles. The van der Waals surface area contributed by atoms with E-state index in [2.05, 4.69) is 46.0 Å². The van der Waals surface area contributed by atoms with Crippen molar-refractivity contribution in [3.63, 3.8) is 0 Å². The molecular weight excluding hydrogens is 394 g/mol. The Bertz CT molecular complexity index is 991. The molecule has 156 valence electrons. The maximum absolute atomic E-state index is 12.5. The van der Waals surface area contributed by atoms with E-state index in [0.717, 1.165) is 42.7 Å². The summed E-state index contributed by atoms with van der Waals surface area (Å²) in [6.45, 7) is 9.66. The van der Waals surface area contributed by atoms with Crippen LogP contribution in [0, 0.1) is 6.92 Å². The number of amides is 1. The minimum atomic E-state index is -0.171. The average Bonchev–Trinajstić information content (AvgIpc) is 3.09. The Balaban J connectivity index is 1.42. The maximum Gasteiger partial charge on any atom is 0.286 e. The first-order valence-corrected chi connectivity index (χ1v) is 11.2. The molecule has 1 amide bonds. The van der Waals surface area contributed by atoms with E-state index in [0.29, 0.717) is 4.91 Å². The van der Waals surface area contributed by atoms with Crippen molar-refractivity contribution in [1.82, 2.24) is 4.90 Å². The van der Waals surface area contributed by atoms with Crippen LogP contribution >= 0.6 is 11.8 Å². The molecule has 0 spiro atoms. The summed E-state index contributed by atoms with van der Waals surface area (Å²) in [5.74, 6) is 0.615. The van der Waals surface area contributed by atoms with Gasteiger partial charge in [-0.3, -0.25) is 4.79 Å². The number of para-hydroxylation sites is 1. The highest BCUT2D eigenvalue weighted by Gasteiger charge is 2.28. The minimum Gasteiger partial charge on any atom is -0.490 e. The van der Waals surface area contributed by atoms with Crippen molar-refractivity contribution in [2.24, 2.45) is 4.99 Å². The van der Waals surface area contributed by atoms with Crippen molar-refractivity contribution in [3.05, 3.63) is 64.6 Å². The number of anilines is 1. The number of hydrogen-bond donors (Lipinski definition) is 0. The van der Waals surface area contributed by atoms with Crippen LogP contribution in [0.25, 0.3) is 6.08 Å². The van der Waals surface area contributed by atoms with E-state index >= 15 is 0 Å². The van der Waals surface area contributed by atoms with Crippen molar-refractivity contribution in [3.8, 4) is 5.75 Å². The minimum absolute atomic E-state index is 0.0768. The quantitative estimate of drug-likeness (QED) is 0.677. The number of carbonyl (C=O) groups is 1. The Hall–Kier alpha value is -2.73. The van der Waals surface area contributed by atoms with Crippen LogP contribution < -0.4 is 9.64 Å². The molecule has 2 aromatic carbocycles. The third kappa shape index (κ3) is 4.70. The molecule has 0 aromatic heterocycles. The maximum atomic E-state index is 12.5. The largest absolute Gasteiger partial charge is 0.490 e. The number of aryl methyl sites for hydroxylation is 1. The number of ether oxygens (including phenoxy) is 1. The summed E-state index contributed by atoms with van der Waals surface area (Å²) in [5.41, 5.74) is 3.43. The smallest absolute Gasteiger partial charge is 0.286 e. The van der Waals surface area contributed by atoms with Crippen molar-refractivity contribution in [2.75, 3.05) is 31.1 Å². The van der Waals surface area contributed by atoms with Gasteiger partial charge in [-0.1, -0.05) is 30.3 Å². The van der Waals surface area contributed by atoms with Gasteiger partial charge in [-0.15, -0.1) is 0 Å². The lowest BCUT2D eigenvalue weighted by Gasteiger charge is -2.36. The number of nitrogens with zero attached hydrogens (tertiary/aromatic N) is 3. The predicted octanol–water partition coefficient (Wildman–Crippen LogP) is 4.57. The van der Waals surface area contributed by atoms with Crippen molar-refractivity contribution in [2.45, 2.75) is 26.9 Å². The highest BCUT2D eigenvalue weighted by atomic mass is 32.2. The van der Waals surface area contributed by atoms with Crippen LogP contribution in [0.15, 0.2) is 58.4 Å². The molecule has 6 heteroatoms. The topological polar surface area (TPSA) is 45.1 Å². The van der Waals surface area contributed by atoms with E-state index in [-0.39, 0.29) is 12.0 Å². The molecule has 2 aromatic rings. The van der Waals surface area contributed by atoms with Crippen molar-refractivity contribution < 1.29 is 9.53 Å². The molecule has 4 rings (SSSR count). The molecular formula is C24H27N3O2S. The summed E-state index contributed by atoms with van der Waals surface area (Å²) in [4.78, 5) is 22.1.